The van der Waals surface area contributed by atoms with E-state index in [1.54, 1.807) is 0 Å². The first-order valence-electron chi connectivity index (χ1n) is 1.80. The lowest BCUT2D eigenvalue weighted by Gasteiger charge is -2.01. The summed E-state index contributed by atoms with van der Waals surface area (Å²) in [6.07, 6.45) is 0.302. The first-order chi connectivity index (χ1) is 3.81. The molecule has 0 aliphatic heterocycles. The van der Waals surface area contributed by atoms with Crippen molar-refractivity contribution in [1.82, 2.24) is 0 Å². The Labute approximate surface area is 50.8 Å². The summed E-state index contributed by atoms with van der Waals surface area (Å²) in [6, 6.07) is 0.360. The van der Waals surface area contributed by atoms with E-state index in [9.17, 15) is 17.2 Å². The fourth-order valence-electron chi connectivity index (χ4n) is 0.0829. The Bertz CT molecular complexity index is 237. The molecule has 0 aliphatic rings. The third-order valence-electron chi connectivity index (χ3n) is 0.596. The summed E-state index contributed by atoms with van der Waals surface area (Å²) in [7, 11) is -4.55. The first-order valence-corrected chi connectivity index (χ1v) is 3.69. The van der Waals surface area contributed by atoms with E-state index in [1.807, 2.05) is 0 Å². The SMILES string of the molecule is CS(=O)(=O)C(F)(F)C#N. The van der Waals surface area contributed by atoms with Crippen molar-refractivity contribution in [3.8, 4) is 6.07 Å². The Kier molecular flexibility index (Phi) is 1.77. The van der Waals surface area contributed by atoms with Crippen molar-refractivity contribution in [2.24, 2.45) is 0 Å². The van der Waals surface area contributed by atoms with E-state index >= 15 is 0 Å². The van der Waals surface area contributed by atoms with Gasteiger partial charge in [0.2, 0.25) is 9.84 Å². The van der Waals surface area contributed by atoms with Gasteiger partial charge in [0.1, 0.15) is 0 Å². The largest absolute Gasteiger partial charge is 0.430 e. The molecule has 52 valence electrons. The van der Waals surface area contributed by atoms with Crippen molar-refractivity contribution in [1.29, 1.82) is 5.26 Å². The predicted octanol–water partition coefficient (Wildman–Crippen LogP) is 0.147. The summed E-state index contributed by atoms with van der Waals surface area (Å²) in [4.78, 5) is 0. The molecule has 0 spiro atoms. The Morgan fingerprint density at radius 2 is 1.89 bits per heavy atom. The number of hydrogen-bond donors (Lipinski definition) is 0. The van der Waals surface area contributed by atoms with Crippen LogP contribution < -0.4 is 0 Å². The lowest BCUT2D eigenvalue weighted by atomic mass is 10.8. The Balaban J connectivity index is 4.85. The van der Waals surface area contributed by atoms with Crippen molar-refractivity contribution in [2.75, 3.05) is 6.26 Å². The van der Waals surface area contributed by atoms with E-state index < -0.39 is 15.1 Å². The third kappa shape index (κ3) is 1.61. The molecule has 0 unspecified atom stereocenters. The average Bonchev–Trinajstić information content (AvgIpc) is 1.64. The molecule has 0 aromatic rings. The van der Waals surface area contributed by atoms with Crippen LogP contribution in [-0.2, 0) is 9.84 Å². The smallest absolute Gasteiger partial charge is 0.222 e. The van der Waals surface area contributed by atoms with E-state index in [0.29, 0.717) is 12.3 Å². The minimum Gasteiger partial charge on any atom is -0.222 e. The minimum atomic E-state index is -4.55. The van der Waals surface area contributed by atoms with Crippen LogP contribution in [0.1, 0.15) is 0 Å². The van der Waals surface area contributed by atoms with Gasteiger partial charge in [0.05, 0.1) is 0 Å². The molecule has 0 saturated heterocycles. The molecule has 0 aliphatic carbocycles. The molecule has 0 fully saturated rings. The van der Waals surface area contributed by atoms with Gasteiger partial charge in [-0.3, -0.25) is 0 Å². The molecule has 0 saturated carbocycles. The molecule has 0 radical (unpaired) electrons. The molecule has 0 aromatic heterocycles. The van der Waals surface area contributed by atoms with Gasteiger partial charge in [-0.15, -0.1) is 0 Å². The lowest BCUT2D eigenvalue weighted by Crippen LogP contribution is -2.24. The van der Waals surface area contributed by atoms with Gasteiger partial charge >= 0.3 is 5.25 Å². The number of sulfone groups is 1. The standard InChI is InChI=1S/C3H3F2NO2S/c1-9(7,8)3(4,5)2-6/h1H3. The lowest BCUT2D eigenvalue weighted by molar-refractivity contribution is 0.156. The fourth-order valence-corrected chi connectivity index (χ4v) is 0.249. The quantitative estimate of drug-likeness (QED) is 0.541. The van der Waals surface area contributed by atoms with E-state index in [4.69, 9.17) is 5.26 Å². The zero-order chi connectivity index (χ0) is 7.71. The normalized spacial score (nSPS) is 12.7. The topological polar surface area (TPSA) is 57.9 Å². The number of hydrogen-bond acceptors (Lipinski definition) is 3. The predicted molar refractivity (Wildman–Crippen MR) is 25.4 cm³/mol. The summed E-state index contributed by atoms with van der Waals surface area (Å²) in [6.45, 7) is 0. The molecule has 0 atom stereocenters. The van der Waals surface area contributed by atoms with E-state index in [2.05, 4.69) is 0 Å². The molecular formula is C3H3F2NO2S. The van der Waals surface area contributed by atoms with Crippen LogP contribution in [0.2, 0.25) is 0 Å². The van der Waals surface area contributed by atoms with Crippen molar-refractivity contribution < 1.29 is 17.2 Å². The second-order valence-corrected chi connectivity index (χ2v) is 3.46. The monoisotopic (exact) mass is 155 g/mol. The molecule has 0 heterocycles. The van der Waals surface area contributed by atoms with Gasteiger partial charge in [-0.2, -0.15) is 14.0 Å². The third-order valence-corrected chi connectivity index (χ3v) is 1.62. The fraction of sp³-hybridized carbons (Fsp3) is 0.667. The van der Waals surface area contributed by atoms with Gasteiger partial charge in [0.25, 0.3) is 0 Å². The summed E-state index contributed by atoms with van der Waals surface area (Å²) in [5.74, 6) is 0. The van der Waals surface area contributed by atoms with Crippen LogP contribution in [0.4, 0.5) is 8.78 Å². The Hall–Kier alpha value is -0.700. The second kappa shape index (κ2) is 1.92. The summed E-state index contributed by atoms with van der Waals surface area (Å²) in [5, 5.41) is 3.31. The molecule has 0 N–H and O–H groups in total. The van der Waals surface area contributed by atoms with Gasteiger partial charge < -0.3 is 0 Å². The van der Waals surface area contributed by atoms with Gasteiger partial charge in [-0.05, 0) is 0 Å². The zero-order valence-electron chi connectivity index (χ0n) is 4.43. The van der Waals surface area contributed by atoms with Crippen LogP contribution >= 0.6 is 0 Å². The van der Waals surface area contributed by atoms with E-state index in [1.165, 1.54) is 0 Å². The van der Waals surface area contributed by atoms with Crippen LogP contribution in [-0.4, -0.2) is 19.9 Å². The van der Waals surface area contributed by atoms with E-state index in [0.717, 1.165) is 0 Å². The molecule has 0 bridgehead atoms. The highest BCUT2D eigenvalue weighted by Gasteiger charge is 2.41. The molecule has 0 rings (SSSR count). The average molecular weight is 155 g/mol. The molecular weight excluding hydrogens is 152 g/mol. The Morgan fingerprint density at radius 3 is 1.89 bits per heavy atom. The molecule has 6 heteroatoms. The summed E-state index contributed by atoms with van der Waals surface area (Å²) >= 11 is 0. The molecule has 0 amide bonds. The van der Waals surface area contributed by atoms with Crippen molar-refractivity contribution in [3.05, 3.63) is 0 Å². The van der Waals surface area contributed by atoms with Crippen LogP contribution in [0, 0.1) is 11.3 Å². The van der Waals surface area contributed by atoms with Gasteiger partial charge in [-0.1, -0.05) is 0 Å². The summed E-state index contributed by atoms with van der Waals surface area (Å²) in [5.41, 5.74) is 0. The van der Waals surface area contributed by atoms with Crippen molar-refractivity contribution in [2.45, 2.75) is 5.25 Å². The maximum Gasteiger partial charge on any atom is 0.430 e. The maximum absolute atomic E-state index is 11.7. The maximum atomic E-state index is 11.7. The van der Waals surface area contributed by atoms with Crippen LogP contribution in [0.5, 0.6) is 0 Å². The van der Waals surface area contributed by atoms with Crippen LogP contribution in [0.3, 0.4) is 0 Å². The van der Waals surface area contributed by atoms with Gasteiger partial charge in [0, 0.05) is 6.26 Å². The number of rotatable bonds is 1. The highest BCUT2D eigenvalue weighted by atomic mass is 32.2. The first kappa shape index (κ1) is 8.30. The highest BCUT2D eigenvalue weighted by molar-refractivity contribution is 7.92. The number of nitriles is 1. The highest BCUT2D eigenvalue weighted by Crippen LogP contribution is 2.18. The number of nitrogens with zero attached hydrogens (tertiary/aromatic N) is 1. The summed E-state index contributed by atoms with van der Waals surface area (Å²) < 4.78 is 43.2. The number of alkyl halides is 2. The van der Waals surface area contributed by atoms with Gasteiger partial charge in [0.15, 0.2) is 6.07 Å². The van der Waals surface area contributed by atoms with Gasteiger partial charge in [-0.25, -0.2) is 8.42 Å². The molecule has 0 aromatic carbocycles. The number of halogens is 2. The molecule has 9 heavy (non-hydrogen) atoms. The van der Waals surface area contributed by atoms with Crippen LogP contribution in [0.25, 0.3) is 0 Å². The second-order valence-electron chi connectivity index (χ2n) is 1.40. The van der Waals surface area contributed by atoms with Crippen molar-refractivity contribution in [3.63, 3.8) is 0 Å². The molecule has 3 nitrogen and oxygen atoms in total. The zero-order valence-corrected chi connectivity index (χ0v) is 5.24. The van der Waals surface area contributed by atoms with Crippen molar-refractivity contribution >= 4 is 9.84 Å². The van der Waals surface area contributed by atoms with Crippen LogP contribution in [0.15, 0.2) is 0 Å². The minimum absolute atomic E-state index is 0.302. The Morgan fingerprint density at radius 1 is 1.56 bits per heavy atom. The van der Waals surface area contributed by atoms with E-state index in [-0.39, 0.29) is 0 Å².